The Kier molecular flexibility index (Phi) is 8.35. The highest BCUT2D eigenvalue weighted by Gasteiger charge is 2.31. The molecule has 0 nitrogen and oxygen atoms in total. The maximum atomic E-state index is 13.1. The summed E-state index contributed by atoms with van der Waals surface area (Å²) in [5, 5.41) is 0. The van der Waals surface area contributed by atoms with Gasteiger partial charge in [-0.05, 0) is 92.7 Å². The molecule has 1 aromatic rings. The van der Waals surface area contributed by atoms with Gasteiger partial charge in [0.15, 0.2) is 0 Å². The van der Waals surface area contributed by atoms with Crippen molar-refractivity contribution in [3.8, 4) is 0 Å². The summed E-state index contributed by atoms with van der Waals surface area (Å²) < 4.78 is 25.0. The lowest BCUT2D eigenvalue weighted by Crippen LogP contribution is -2.25. The molecular formula is C25H36F2. The maximum Gasteiger partial charge on any atom is 0.123 e. The second-order valence-corrected chi connectivity index (χ2v) is 8.94. The Balaban J connectivity index is 1.32. The molecule has 0 N–H and O–H groups in total. The topological polar surface area (TPSA) is 0 Å². The zero-order chi connectivity index (χ0) is 18.9. The number of rotatable bonds is 8. The van der Waals surface area contributed by atoms with Gasteiger partial charge in [0, 0.05) is 0 Å². The van der Waals surface area contributed by atoms with Crippen molar-refractivity contribution < 1.29 is 8.78 Å². The first-order valence-electron chi connectivity index (χ1n) is 11.3. The zero-order valence-corrected chi connectivity index (χ0v) is 16.7. The van der Waals surface area contributed by atoms with Crippen LogP contribution in [0.25, 0.3) is 0 Å². The van der Waals surface area contributed by atoms with Crippen LogP contribution in [0.3, 0.4) is 0 Å². The fraction of sp³-hybridized carbons (Fsp3) is 0.680. The summed E-state index contributed by atoms with van der Waals surface area (Å²) in [5.41, 5.74) is 1.33. The van der Waals surface area contributed by atoms with Crippen LogP contribution in [0, 0.1) is 23.6 Å². The smallest absolute Gasteiger partial charge is 0.123 e. The molecule has 2 heteroatoms. The Morgan fingerprint density at radius 2 is 1.41 bits per heavy atom. The van der Waals surface area contributed by atoms with E-state index in [1.165, 1.54) is 76.2 Å². The van der Waals surface area contributed by atoms with Gasteiger partial charge in [-0.1, -0.05) is 50.3 Å². The standard InChI is InChI=1S/C25H36F2/c26-19-5-3-1-2-4-6-20-7-9-21(10-8-20)22-11-13-23(14-12-22)24-15-17-25(27)18-16-24/h5,15-23H,1-4,6-14H2. The van der Waals surface area contributed by atoms with Crippen LogP contribution < -0.4 is 0 Å². The third kappa shape index (κ3) is 6.43. The lowest BCUT2D eigenvalue weighted by Gasteiger charge is -2.38. The Bertz CT molecular complexity index is 546. The molecule has 0 aromatic heterocycles. The van der Waals surface area contributed by atoms with Crippen molar-refractivity contribution in [3.05, 3.63) is 48.1 Å². The zero-order valence-electron chi connectivity index (χ0n) is 16.7. The highest BCUT2D eigenvalue weighted by Crippen LogP contribution is 2.44. The molecule has 0 atom stereocenters. The summed E-state index contributed by atoms with van der Waals surface area (Å²) in [6.45, 7) is 0. The van der Waals surface area contributed by atoms with Gasteiger partial charge in [0.1, 0.15) is 5.82 Å². The first-order chi connectivity index (χ1) is 13.3. The Morgan fingerprint density at radius 3 is 2.04 bits per heavy atom. The van der Waals surface area contributed by atoms with Gasteiger partial charge in [-0.2, -0.15) is 0 Å². The monoisotopic (exact) mass is 374 g/mol. The molecule has 27 heavy (non-hydrogen) atoms. The first-order valence-corrected chi connectivity index (χ1v) is 11.3. The van der Waals surface area contributed by atoms with E-state index in [4.69, 9.17) is 0 Å². The van der Waals surface area contributed by atoms with Gasteiger partial charge in [0.25, 0.3) is 0 Å². The molecule has 0 saturated heterocycles. The summed E-state index contributed by atoms with van der Waals surface area (Å²) in [6.07, 6.45) is 19.3. The van der Waals surface area contributed by atoms with Crippen molar-refractivity contribution in [1.82, 2.24) is 0 Å². The summed E-state index contributed by atoms with van der Waals surface area (Å²) >= 11 is 0. The van der Waals surface area contributed by atoms with Gasteiger partial charge < -0.3 is 0 Å². The quantitative estimate of drug-likeness (QED) is 0.401. The van der Waals surface area contributed by atoms with Crippen molar-refractivity contribution in [1.29, 1.82) is 0 Å². The van der Waals surface area contributed by atoms with Crippen LogP contribution in [0.1, 0.15) is 95.0 Å². The highest BCUT2D eigenvalue weighted by atomic mass is 19.1. The summed E-state index contributed by atoms with van der Waals surface area (Å²) in [7, 11) is 0. The normalized spacial score (nSPS) is 29.3. The van der Waals surface area contributed by atoms with Gasteiger partial charge in [0.2, 0.25) is 0 Å². The molecule has 1 aromatic carbocycles. The fourth-order valence-electron chi connectivity index (χ4n) is 5.54. The maximum absolute atomic E-state index is 13.1. The van der Waals surface area contributed by atoms with Crippen molar-refractivity contribution in [2.45, 2.75) is 89.4 Å². The van der Waals surface area contributed by atoms with Gasteiger partial charge in [0.05, 0.1) is 6.33 Å². The Hall–Kier alpha value is -1.18. The molecule has 0 spiro atoms. The third-order valence-corrected chi connectivity index (χ3v) is 7.24. The van der Waals surface area contributed by atoms with Crippen molar-refractivity contribution in [2.75, 3.05) is 0 Å². The number of benzene rings is 1. The second kappa shape index (κ2) is 11.0. The predicted molar refractivity (Wildman–Crippen MR) is 110 cm³/mol. The average molecular weight is 375 g/mol. The minimum absolute atomic E-state index is 0.124. The van der Waals surface area contributed by atoms with Crippen LogP contribution in [0.2, 0.25) is 0 Å². The van der Waals surface area contributed by atoms with Crippen LogP contribution in [-0.2, 0) is 0 Å². The molecule has 2 aliphatic carbocycles. The first kappa shape index (κ1) is 20.6. The Morgan fingerprint density at radius 1 is 0.778 bits per heavy atom. The van der Waals surface area contributed by atoms with Crippen molar-refractivity contribution >= 4 is 0 Å². The molecule has 0 amide bonds. The molecule has 2 fully saturated rings. The third-order valence-electron chi connectivity index (χ3n) is 7.24. The average Bonchev–Trinajstić information content (AvgIpc) is 2.72. The number of halogens is 2. The van der Waals surface area contributed by atoms with E-state index >= 15 is 0 Å². The molecule has 150 valence electrons. The Labute approximate surface area is 164 Å². The van der Waals surface area contributed by atoms with E-state index < -0.39 is 0 Å². The van der Waals surface area contributed by atoms with E-state index in [0.29, 0.717) is 12.2 Å². The van der Waals surface area contributed by atoms with E-state index in [9.17, 15) is 8.78 Å². The minimum atomic E-state index is -0.124. The molecule has 0 bridgehead atoms. The number of hydrogen-bond acceptors (Lipinski definition) is 0. The predicted octanol–water partition coefficient (Wildman–Crippen LogP) is 8.34. The molecule has 2 aliphatic rings. The van der Waals surface area contributed by atoms with Crippen LogP contribution in [-0.4, -0.2) is 0 Å². The summed E-state index contributed by atoms with van der Waals surface area (Å²) in [6, 6.07) is 7.19. The number of allylic oxidation sites excluding steroid dienone is 1. The highest BCUT2D eigenvalue weighted by molar-refractivity contribution is 5.21. The molecule has 0 heterocycles. The van der Waals surface area contributed by atoms with E-state index in [1.54, 1.807) is 18.2 Å². The number of unbranched alkanes of at least 4 members (excludes halogenated alkanes) is 3. The van der Waals surface area contributed by atoms with E-state index in [2.05, 4.69) is 0 Å². The van der Waals surface area contributed by atoms with Crippen LogP contribution in [0.4, 0.5) is 8.78 Å². The van der Waals surface area contributed by atoms with Gasteiger partial charge in [-0.25, -0.2) is 8.78 Å². The van der Waals surface area contributed by atoms with E-state index in [0.717, 1.165) is 30.6 Å². The fourth-order valence-corrected chi connectivity index (χ4v) is 5.54. The molecule has 0 radical (unpaired) electrons. The van der Waals surface area contributed by atoms with Gasteiger partial charge in [-0.3, -0.25) is 0 Å². The lowest BCUT2D eigenvalue weighted by molar-refractivity contribution is 0.155. The summed E-state index contributed by atoms with van der Waals surface area (Å²) in [5.74, 6) is 3.33. The molecule has 0 unspecified atom stereocenters. The molecule has 2 saturated carbocycles. The van der Waals surface area contributed by atoms with Crippen LogP contribution in [0.15, 0.2) is 36.7 Å². The van der Waals surface area contributed by atoms with E-state index in [1.807, 2.05) is 12.1 Å². The van der Waals surface area contributed by atoms with Crippen LogP contribution >= 0.6 is 0 Å². The van der Waals surface area contributed by atoms with Crippen molar-refractivity contribution in [3.63, 3.8) is 0 Å². The van der Waals surface area contributed by atoms with Gasteiger partial charge in [-0.15, -0.1) is 0 Å². The number of hydrogen-bond donors (Lipinski definition) is 0. The SMILES string of the molecule is FC=CCCCCCC1CCC(C2CCC(c3ccc(F)cc3)CC2)CC1. The minimum Gasteiger partial charge on any atom is -0.216 e. The summed E-state index contributed by atoms with van der Waals surface area (Å²) in [4.78, 5) is 0. The lowest BCUT2D eigenvalue weighted by atomic mass is 9.68. The van der Waals surface area contributed by atoms with Crippen molar-refractivity contribution in [2.24, 2.45) is 17.8 Å². The molecule has 3 rings (SSSR count). The second-order valence-electron chi connectivity index (χ2n) is 8.94. The largest absolute Gasteiger partial charge is 0.216 e. The molecular weight excluding hydrogens is 338 g/mol. The van der Waals surface area contributed by atoms with Gasteiger partial charge >= 0.3 is 0 Å². The molecule has 0 aliphatic heterocycles. The van der Waals surface area contributed by atoms with E-state index in [-0.39, 0.29) is 5.82 Å². The van der Waals surface area contributed by atoms with Crippen LogP contribution in [0.5, 0.6) is 0 Å².